The smallest absolute Gasteiger partial charge is 0.0437 e. The summed E-state index contributed by atoms with van der Waals surface area (Å²) >= 11 is 0. The second kappa shape index (κ2) is 6.12. The van der Waals surface area contributed by atoms with Crippen LogP contribution in [0.5, 0.6) is 0 Å². The molecule has 1 heterocycles. The normalized spacial score (nSPS) is 41.9. The molecule has 2 aliphatic rings. The number of hydrogen-bond donors (Lipinski definition) is 1. The van der Waals surface area contributed by atoms with E-state index >= 15 is 0 Å². The Morgan fingerprint density at radius 1 is 1.14 bits per heavy atom. The van der Waals surface area contributed by atoms with Crippen molar-refractivity contribution in [3.05, 3.63) is 0 Å². The summed E-state index contributed by atoms with van der Waals surface area (Å²) in [6.45, 7) is 17.6. The van der Waals surface area contributed by atoms with Gasteiger partial charge in [0.15, 0.2) is 0 Å². The average molecular weight is 312 g/mol. The van der Waals surface area contributed by atoms with Crippen molar-refractivity contribution in [3.63, 3.8) is 0 Å². The third kappa shape index (κ3) is 2.83. The van der Waals surface area contributed by atoms with Gasteiger partial charge < -0.3 is 5.11 Å². The first-order valence-electron chi connectivity index (χ1n) is 9.03. The lowest BCUT2D eigenvalue weighted by Gasteiger charge is -2.69. The molecule has 21 heavy (non-hydrogen) atoms. The number of rotatable bonds is 4. The van der Waals surface area contributed by atoms with Gasteiger partial charge in [-0.3, -0.25) is 0 Å². The molecule has 1 N–H and O–H groups in total. The molecule has 1 unspecified atom stereocenters. The van der Waals surface area contributed by atoms with Crippen LogP contribution in [0.15, 0.2) is 0 Å². The highest BCUT2D eigenvalue weighted by molar-refractivity contribution is 7.62. The van der Waals surface area contributed by atoms with Gasteiger partial charge in [-0.15, -0.1) is 0 Å². The molecule has 0 bridgehead atoms. The summed E-state index contributed by atoms with van der Waals surface area (Å²) in [7, 11) is 0.0251. The largest absolute Gasteiger partial charge is 0.396 e. The highest BCUT2D eigenvalue weighted by Gasteiger charge is 2.63. The lowest BCUT2D eigenvalue weighted by Crippen LogP contribution is -2.61. The minimum Gasteiger partial charge on any atom is -0.396 e. The van der Waals surface area contributed by atoms with E-state index in [9.17, 15) is 5.11 Å². The van der Waals surface area contributed by atoms with Crippen LogP contribution in [-0.2, 0) is 0 Å². The van der Waals surface area contributed by atoms with Crippen molar-refractivity contribution in [1.82, 2.24) is 0 Å². The van der Waals surface area contributed by atoms with E-state index in [4.69, 9.17) is 0 Å². The van der Waals surface area contributed by atoms with Crippen molar-refractivity contribution in [2.45, 2.75) is 90.6 Å². The summed E-state index contributed by atoms with van der Waals surface area (Å²) in [5.74, 6) is 2.64. The van der Waals surface area contributed by atoms with Gasteiger partial charge in [0.05, 0.1) is 0 Å². The molecule has 2 rings (SSSR count). The van der Waals surface area contributed by atoms with Gasteiger partial charge in [-0.2, -0.15) is 0 Å². The summed E-state index contributed by atoms with van der Waals surface area (Å²) < 4.78 is 0. The Morgan fingerprint density at radius 3 is 2.29 bits per heavy atom. The molecule has 1 aliphatic carbocycles. The Labute approximate surface area is 134 Å². The lowest BCUT2D eigenvalue weighted by atomic mass is 9.74. The molecule has 5 atom stereocenters. The second-order valence-electron chi connectivity index (χ2n) is 9.11. The van der Waals surface area contributed by atoms with Crippen LogP contribution < -0.4 is 0 Å². The lowest BCUT2D eigenvalue weighted by molar-refractivity contribution is 0.163. The predicted molar refractivity (Wildman–Crippen MR) is 95.4 cm³/mol. The Morgan fingerprint density at radius 2 is 1.76 bits per heavy atom. The van der Waals surface area contributed by atoms with Gasteiger partial charge in [0.2, 0.25) is 0 Å². The Hall–Kier alpha value is 0.390. The van der Waals surface area contributed by atoms with Gasteiger partial charge in [-0.25, -0.2) is 0 Å². The number of aliphatic hydroxyl groups excluding tert-OH is 1. The Balaban J connectivity index is 2.27. The van der Waals surface area contributed by atoms with Crippen molar-refractivity contribution < 1.29 is 5.11 Å². The first-order valence-corrected chi connectivity index (χ1v) is 10.5. The van der Waals surface area contributed by atoms with Gasteiger partial charge >= 0.3 is 0 Å². The monoisotopic (exact) mass is 312 g/mol. The number of hydrogen-bond acceptors (Lipinski definition) is 1. The fraction of sp³-hybridized carbons (Fsp3) is 1.00. The van der Waals surface area contributed by atoms with E-state index in [2.05, 4.69) is 48.5 Å². The molecule has 0 aromatic carbocycles. The van der Waals surface area contributed by atoms with E-state index in [0.29, 0.717) is 17.2 Å². The molecule has 1 saturated heterocycles. The van der Waals surface area contributed by atoms with Crippen LogP contribution in [0.25, 0.3) is 0 Å². The minimum absolute atomic E-state index is 0.0251. The molecule has 1 nitrogen and oxygen atoms in total. The summed E-state index contributed by atoms with van der Waals surface area (Å²) in [5.41, 5.74) is 2.09. The maximum atomic E-state index is 9.56. The number of aliphatic hydroxyl groups is 1. The van der Waals surface area contributed by atoms with Crippen molar-refractivity contribution in [1.29, 1.82) is 0 Å². The van der Waals surface area contributed by atoms with E-state index in [0.717, 1.165) is 35.5 Å². The first-order chi connectivity index (χ1) is 9.64. The summed E-state index contributed by atoms with van der Waals surface area (Å²) in [4.78, 5) is 0. The molecule has 1 aliphatic heterocycles. The van der Waals surface area contributed by atoms with Crippen LogP contribution in [0, 0.1) is 23.2 Å². The van der Waals surface area contributed by atoms with E-state index < -0.39 is 0 Å². The Kier molecular flexibility index (Phi) is 5.17. The van der Waals surface area contributed by atoms with E-state index in [1.54, 1.807) is 0 Å². The maximum Gasteiger partial charge on any atom is 0.0437 e. The van der Waals surface area contributed by atoms with Crippen LogP contribution in [0.4, 0.5) is 0 Å². The van der Waals surface area contributed by atoms with Crippen LogP contribution in [0.3, 0.4) is 0 Å². The molecule has 0 aromatic heterocycles. The summed E-state index contributed by atoms with van der Waals surface area (Å²) in [5, 5.41) is 10.0. The highest BCUT2D eigenvalue weighted by atomic mass is 31.1. The molecule has 2 fully saturated rings. The molecular weight excluding hydrogens is 275 g/mol. The van der Waals surface area contributed by atoms with Crippen molar-refractivity contribution in [3.8, 4) is 0 Å². The van der Waals surface area contributed by atoms with Gasteiger partial charge in [0.1, 0.15) is 0 Å². The van der Waals surface area contributed by atoms with Crippen molar-refractivity contribution in [2.75, 3.05) is 6.61 Å². The zero-order chi connectivity index (χ0) is 16.0. The van der Waals surface area contributed by atoms with Gasteiger partial charge in [-0.1, -0.05) is 62.8 Å². The van der Waals surface area contributed by atoms with Crippen LogP contribution in [0.2, 0.25) is 0 Å². The van der Waals surface area contributed by atoms with Gasteiger partial charge in [0, 0.05) is 6.61 Å². The fourth-order valence-electron chi connectivity index (χ4n) is 5.15. The summed E-state index contributed by atoms with van der Waals surface area (Å²) in [6.07, 6.45) is 5.33. The molecular formula is C19H37OP. The SMILES string of the molecule is CC(C)[C@@H]1CC[C@@H](C)C[C@H]1P1[C@@H](CCO)C(C)(C)C1(C)C. The first kappa shape index (κ1) is 17.7. The molecule has 0 amide bonds. The fourth-order valence-corrected chi connectivity index (χ4v) is 10.7. The van der Waals surface area contributed by atoms with Crippen molar-refractivity contribution in [2.24, 2.45) is 23.2 Å². The predicted octanol–water partition coefficient (Wildman–Crippen LogP) is 5.50. The topological polar surface area (TPSA) is 20.2 Å². The third-order valence-corrected chi connectivity index (χ3v) is 11.9. The van der Waals surface area contributed by atoms with Crippen molar-refractivity contribution >= 4 is 7.92 Å². The van der Waals surface area contributed by atoms with E-state index in [1.165, 1.54) is 19.3 Å². The standard InChI is InChI=1S/C19H37OP/c1-13(2)15-9-8-14(3)12-16(15)21-17(10-11-20)18(4,5)19(21,6)7/h13-17,20H,8-12H2,1-7H3/t14-,15+,16-,17+,21?/m1/s1. The molecule has 0 aromatic rings. The molecule has 1 saturated carbocycles. The van der Waals surface area contributed by atoms with Gasteiger partial charge in [-0.05, 0) is 58.9 Å². The average Bonchev–Trinajstić information content (AvgIpc) is 2.37. The summed E-state index contributed by atoms with van der Waals surface area (Å²) in [6, 6.07) is 0. The van der Waals surface area contributed by atoms with Crippen LogP contribution in [0.1, 0.15) is 74.1 Å². The van der Waals surface area contributed by atoms with Crippen LogP contribution >= 0.6 is 7.92 Å². The Bertz CT molecular complexity index is 361. The maximum absolute atomic E-state index is 9.56. The second-order valence-corrected chi connectivity index (χ2v) is 12.3. The van der Waals surface area contributed by atoms with E-state index in [1.807, 2.05) is 0 Å². The zero-order valence-electron chi connectivity index (χ0n) is 15.3. The van der Waals surface area contributed by atoms with E-state index in [-0.39, 0.29) is 7.92 Å². The molecule has 0 spiro atoms. The molecule has 0 radical (unpaired) electrons. The van der Waals surface area contributed by atoms with Gasteiger partial charge in [0.25, 0.3) is 0 Å². The minimum atomic E-state index is 0.0251. The molecule has 2 heteroatoms. The quantitative estimate of drug-likeness (QED) is 0.680. The molecule has 124 valence electrons. The third-order valence-electron chi connectivity index (χ3n) is 7.14. The zero-order valence-corrected chi connectivity index (χ0v) is 16.2. The van der Waals surface area contributed by atoms with Crippen LogP contribution in [-0.4, -0.2) is 28.2 Å². The highest BCUT2D eigenvalue weighted by Crippen LogP contribution is 2.80.